The van der Waals surface area contributed by atoms with Crippen LogP contribution in [0.3, 0.4) is 0 Å². The average molecular weight is 429 g/mol. The molecule has 31 heavy (non-hydrogen) atoms. The molecule has 2 heterocycles. The lowest BCUT2D eigenvalue weighted by molar-refractivity contribution is 0.0703. The Labute approximate surface area is 182 Å². The number of nitrogens with zero attached hydrogens (tertiary/aromatic N) is 4. The summed E-state index contributed by atoms with van der Waals surface area (Å²) in [6, 6.07) is 7.58. The normalized spacial score (nSPS) is 19.1. The standard InChI is InChI=1S/C23H32N4O4/c1-16(2)31-20-10-6-17(7-11-20)22(28)25-12-4-5-18(15-25)21-24-26(13-14-30-3)23(29)27(21)19-8-9-19/h6-7,10-11,16,18-19H,4-5,8-9,12-15H2,1-3H3. The van der Waals surface area contributed by atoms with Gasteiger partial charge in [-0.25, -0.2) is 9.48 Å². The predicted octanol–water partition coefficient (Wildman–Crippen LogP) is 2.83. The molecule has 2 aromatic rings. The van der Waals surface area contributed by atoms with Crippen LogP contribution in [0.15, 0.2) is 29.1 Å². The summed E-state index contributed by atoms with van der Waals surface area (Å²) in [5, 5.41) is 4.67. The zero-order valence-electron chi connectivity index (χ0n) is 18.6. The maximum atomic E-state index is 13.1. The summed E-state index contributed by atoms with van der Waals surface area (Å²) in [4.78, 5) is 27.9. The third-order valence-corrected chi connectivity index (χ3v) is 5.86. The first-order valence-electron chi connectivity index (χ1n) is 11.2. The van der Waals surface area contributed by atoms with E-state index in [9.17, 15) is 9.59 Å². The van der Waals surface area contributed by atoms with E-state index in [1.165, 1.54) is 4.68 Å². The van der Waals surface area contributed by atoms with Gasteiger partial charge in [-0.15, -0.1) is 0 Å². The van der Waals surface area contributed by atoms with Gasteiger partial charge in [-0.1, -0.05) is 0 Å². The molecule has 1 saturated carbocycles. The lowest BCUT2D eigenvalue weighted by Gasteiger charge is -2.32. The lowest BCUT2D eigenvalue weighted by Crippen LogP contribution is -2.40. The second kappa shape index (κ2) is 9.26. The van der Waals surface area contributed by atoms with Crippen molar-refractivity contribution in [1.82, 2.24) is 19.2 Å². The molecule has 0 N–H and O–H groups in total. The molecule has 2 fully saturated rings. The van der Waals surface area contributed by atoms with Gasteiger partial charge in [0.1, 0.15) is 11.6 Å². The van der Waals surface area contributed by atoms with E-state index in [0.717, 1.165) is 43.8 Å². The fraction of sp³-hybridized carbons (Fsp3) is 0.609. The highest BCUT2D eigenvalue weighted by atomic mass is 16.5. The van der Waals surface area contributed by atoms with Crippen molar-refractivity contribution in [1.29, 1.82) is 0 Å². The molecule has 0 bridgehead atoms. The summed E-state index contributed by atoms with van der Waals surface area (Å²) in [6.45, 7) is 6.15. The monoisotopic (exact) mass is 428 g/mol. The van der Waals surface area contributed by atoms with Crippen molar-refractivity contribution in [2.75, 3.05) is 26.8 Å². The zero-order chi connectivity index (χ0) is 22.0. The van der Waals surface area contributed by atoms with Crippen LogP contribution in [0.5, 0.6) is 5.75 Å². The number of ether oxygens (including phenoxy) is 2. The molecule has 1 atom stereocenters. The molecule has 1 amide bonds. The first-order valence-corrected chi connectivity index (χ1v) is 11.2. The first kappa shape index (κ1) is 21.6. The van der Waals surface area contributed by atoms with Gasteiger partial charge in [0.2, 0.25) is 0 Å². The van der Waals surface area contributed by atoms with Crippen molar-refractivity contribution < 1.29 is 14.3 Å². The predicted molar refractivity (Wildman–Crippen MR) is 117 cm³/mol. The second-order valence-electron chi connectivity index (χ2n) is 8.74. The quantitative estimate of drug-likeness (QED) is 0.646. The number of likely N-dealkylation sites (tertiary alicyclic amines) is 1. The number of methoxy groups -OCH3 is 1. The number of benzene rings is 1. The van der Waals surface area contributed by atoms with Crippen molar-refractivity contribution in [2.24, 2.45) is 0 Å². The summed E-state index contributed by atoms with van der Waals surface area (Å²) < 4.78 is 14.2. The Bertz CT molecular complexity index is 959. The Morgan fingerprint density at radius 3 is 2.58 bits per heavy atom. The van der Waals surface area contributed by atoms with Gasteiger partial charge in [0.15, 0.2) is 0 Å². The molecule has 0 spiro atoms. The van der Waals surface area contributed by atoms with Crippen molar-refractivity contribution >= 4 is 5.91 Å². The molecule has 1 aromatic heterocycles. The summed E-state index contributed by atoms with van der Waals surface area (Å²) in [7, 11) is 1.62. The SMILES string of the molecule is COCCn1nc(C2CCCN(C(=O)c3ccc(OC(C)C)cc3)C2)n(C2CC2)c1=O. The van der Waals surface area contributed by atoms with Gasteiger partial charge in [-0.3, -0.25) is 9.36 Å². The van der Waals surface area contributed by atoms with Gasteiger partial charge in [0.25, 0.3) is 5.91 Å². The van der Waals surface area contributed by atoms with E-state index in [2.05, 4.69) is 5.10 Å². The second-order valence-corrected chi connectivity index (χ2v) is 8.74. The van der Waals surface area contributed by atoms with E-state index in [-0.39, 0.29) is 29.7 Å². The van der Waals surface area contributed by atoms with E-state index in [1.54, 1.807) is 7.11 Å². The molecule has 168 valence electrons. The molecular formula is C23H32N4O4. The fourth-order valence-electron chi connectivity index (χ4n) is 4.22. The lowest BCUT2D eigenvalue weighted by atomic mass is 9.96. The number of amides is 1. The number of piperidine rings is 1. The number of aromatic nitrogens is 3. The van der Waals surface area contributed by atoms with Crippen LogP contribution in [-0.4, -0.2) is 58.1 Å². The molecule has 4 rings (SSSR count). The average Bonchev–Trinajstić information content (AvgIpc) is 3.55. The molecular weight excluding hydrogens is 396 g/mol. The molecule has 1 aliphatic heterocycles. The molecule has 1 aliphatic carbocycles. The van der Waals surface area contributed by atoms with Crippen LogP contribution in [0.4, 0.5) is 0 Å². The van der Waals surface area contributed by atoms with Gasteiger partial charge >= 0.3 is 5.69 Å². The van der Waals surface area contributed by atoms with E-state index in [4.69, 9.17) is 9.47 Å². The minimum atomic E-state index is -0.0567. The maximum absolute atomic E-state index is 13.1. The van der Waals surface area contributed by atoms with Gasteiger partial charge < -0.3 is 14.4 Å². The molecule has 8 heteroatoms. The molecule has 1 aromatic carbocycles. The molecule has 1 unspecified atom stereocenters. The number of carbonyl (C=O) groups excluding carboxylic acids is 1. The summed E-state index contributed by atoms with van der Waals surface area (Å²) in [6.07, 6.45) is 3.95. The van der Waals surface area contributed by atoms with Crippen LogP contribution < -0.4 is 10.4 Å². The Hall–Kier alpha value is -2.61. The molecule has 1 saturated heterocycles. The largest absolute Gasteiger partial charge is 0.491 e. The third kappa shape index (κ3) is 4.84. The molecule has 8 nitrogen and oxygen atoms in total. The smallest absolute Gasteiger partial charge is 0.346 e. The van der Waals surface area contributed by atoms with E-state index >= 15 is 0 Å². The van der Waals surface area contributed by atoms with Gasteiger partial charge in [0.05, 0.1) is 19.3 Å². The minimum Gasteiger partial charge on any atom is -0.491 e. The van der Waals surface area contributed by atoms with Gasteiger partial charge in [0, 0.05) is 37.7 Å². The molecule has 0 radical (unpaired) electrons. The van der Waals surface area contributed by atoms with Crippen LogP contribution in [0.2, 0.25) is 0 Å². The number of rotatable bonds is 8. The van der Waals surface area contributed by atoms with Crippen LogP contribution >= 0.6 is 0 Å². The van der Waals surface area contributed by atoms with Crippen LogP contribution in [0.1, 0.15) is 67.7 Å². The Kier molecular flexibility index (Phi) is 6.46. The number of hydrogen-bond acceptors (Lipinski definition) is 5. The fourth-order valence-corrected chi connectivity index (χ4v) is 4.22. The first-order chi connectivity index (χ1) is 15.0. The van der Waals surface area contributed by atoms with Crippen molar-refractivity contribution in [2.45, 2.75) is 64.1 Å². The van der Waals surface area contributed by atoms with E-state index < -0.39 is 0 Å². The zero-order valence-corrected chi connectivity index (χ0v) is 18.6. The maximum Gasteiger partial charge on any atom is 0.346 e. The van der Waals surface area contributed by atoms with Crippen molar-refractivity contribution in [3.05, 3.63) is 46.1 Å². The summed E-state index contributed by atoms with van der Waals surface area (Å²) in [5.74, 6) is 1.66. The van der Waals surface area contributed by atoms with Gasteiger partial charge in [-0.2, -0.15) is 5.10 Å². The summed E-state index contributed by atoms with van der Waals surface area (Å²) in [5.41, 5.74) is 0.598. The Morgan fingerprint density at radius 2 is 1.94 bits per heavy atom. The Morgan fingerprint density at radius 1 is 1.19 bits per heavy atom. The summed E-state index contributed by atoms with van der Waals surface area (Å²) >= 11 is 0. The van der Waals surface area contributed by atoms with Crippen LogP contribution in [0.25, 0.3) is 0 Å². The van der Waals surface area contributed by atoms with Crippen molar-refractivity contribution in [3.63, 3.8) is 0 Å². The Balaban J connectivity index is 1.51. The third-order valence-electron chi connectivity index (χ3n) is 5.86. The highest BCUT2D eigenvalue weighted by Gasteiger charge is 2.35. The van der Waals surface area contributed by atoms with Crippen LogP contribution in [0, 0.1) is 0 Å². The molecule has 2 aliphatic rings. The highest BCUT2D eigenvalue weighted by molar-refractivity contribution is 5.94. The minimum absolute atomic E-state index is 0.0138. The van der Waals surface area contributed by atoms with E-state index in [1.807, 2.05) is 47.6 Å². The number of carbonyl (C=O) groups is 1. The van der Waals surface area contributed by atoms with Gasteiger partial charge in [-0.05, 0) is 63.8 Å². The van der Waals surface area contributed by atoms with Crippen molar-refractivity contribution in [3.8, 4) is 5.75 Å². The van der Waals surface area contributed by atoms with E-state index in [0.29, 0.717) is 25.3 Å². The topological polar surface area (TPSA) is 78.6 Å². The van der Waals surface area contributed by atoms with Crippen LogP contribution in [-0.2, 0) is 11.3 Å². The number of hydrogen-bond donors (Lipinski definition) is 0. The highest BCUT2D eigenvalue weighted by Crippen LogP contribution is 2.37.